The summed E-state index contributed by atoms with van der Waals surface area (Å²) >= 11 is 1.57. The van der Waals surface area contributed by atoms with Gasteiger partial charge in [-0.15, -0.1) is 11.8 Å². The quantitative estimate of drug-likeness (QED) is 0.407. The third-order valence-corrected chi connectivity index (χ3v) is 11.9. The van der Waals surface area contributed by atoms with E-state index in [1.807, 2.05) is 91.6 Å². The molecule has 1 spiro atoms. The number of fused-ring (bicyclic) bond motifs is 2. The second kappa shape index (κ2) is 12.3. The predicted molar refractivity (Wildman–Crippen MR) is 180 cm³/mol. The predicted octanol–water partition coefficient (Wildman–Crippen LogP) is 4.67. The molecule has 0 bridgehead atoms. The van der Waals surface area contributed by atoms with Crippen molar-refractivity contribution < 1.29 is 19.5 Å². The number of nitrogens with zero attached hydrogens (tertiary/aromatic N) is 4. The van der Waals surface area contributed by atoms with Crippen molar-refractivity contribution in [3.05, 3.63) is 84.5 Å². The number of aliphatic hydroxyl groups excluding tert-OH is 1. The number of hydrogen-bond donors (Lipinski definition) is 1. The van der Waals surface area contributed by atoms with Gasteiger partial charge in [0.2, 0.25) is 11.8 Å². The zero-order valence-corrected chi connectivity index (χ0v) is 27.5. The van der Waals surface area contributed by atoms with Crippen LogP contribution in [0.5, 0.6) is 0 Å². The number of benzene rings is 2. The molecule has 4 aliphatic rings. The first kappa shape index (κ1) is 31.4. The van der Waals surface area contributed by atoms with Gasteiger partial charge >= 0.3 is 0 Å². The lowest BCUT2D eigenvalue weighted by Gasteiger charge is -2.40. The van der Waals surface area contributed by atoms with Gasteiger partial charge in [-0.2, -0.15) is 0 Å². The Balaban J connectivity index is 1.48. The highest BCUT2D eigenvalue weighted by molar-refractivity contribution is 8.02. The molecule has 6 atom stereocenters. The summed E-state index contributed by atoms with van der Waals surface area (Å²) in [6.45, 7) is 11.2. The van der Waals surface area contributed by atoms with E-state index in [1.54, 1.807) is 21.6 Å². The van der Waals surface area contributed by atoms with Crippen LogP contribution < -0.4 is 9.80 Å². The van der Waals surface area contributed by atoms with E-state index in [0.717, 1.165) is 36.4 Å². The van der Waals surface area contributed by atoms with Crippen LogP contribution in [0.3, 0.4) is 0 Å². The Morgan fingerprint density at radius 2 is 1.58 bits per heavy atom. The summed E-state index contributed by atoms with van der Waals surface area (Å²) in [6.07, 6.45) is 8.98. The molecule has 3 amide bonds. The van der Waals surface area contributed by atoms with Crippen LogP contribution in [0.15, 0.2) is 78.9 Å². The molecule has 9 heteroatoms. The molecule has 6 rings (SSSR count). The Kier molecular flexibility index (Phi) is 8.61. The maximum Gasteiger partial charge on any atom is 0.251 e. The van der Waals surface area contributed by atoms with Crippen molar-refractivity contribution in [2.75, 3.05) is 49.1 Å². The van der Waals surface area contributed by atoms with E-state index < -0.39 is 33.4 Å². The Bertz CT molecular complexity index is 1490. The van der Waals surface area contributed by atoms with Crippen molar-refractivity contribution in [3.63, 3.8) is 0 Å². The minimum Gasteiger partial charge on any atom is -0.394 e. The van der Waals surface area contributed by atoms with Gasteiger partial charge in [0, 0.05) is 48.8 Å². The first-order valence-electron chi connectivity index (χ1n) is 16.2. The molecule has 2 aromatic carbocycles. The van der Waals surface area contributed by atoms with E-state index in [2.05, 4.69) is 24.8 Å². The number of aliphatic hydroxyl groups is 1. The van der Waals surface area contributed by atoms with Gasteiger partial charge in [0.1, 0.15) is 6.04 Å². The highest BCUT2D eigenvalue weighted by atomic mass is 32.2. The fourth-order valence-corrected chi connectivity index (χ4v) is 10.2. The summed E-state index contributed by atoms with van der Waals surface area (Å²) in [5.41, 5.74) is 2.59. The van der Waals surface area contributed by atoms with Crippen LogP contribution in [0.1, 0.15) is 45.7 Å². The molecule has 4 heterocycles. The van der Waals surface area contributed by atoms with Crippen molar-refractivity contribution in [1.82, 2.24) is 9.80 Å². The zero-order valence-electron chi connectivity index (χ0n) is 26.6. The largest absolute Gasteiger partial charge is 0.394 e. The highest BCUT2D eigenvalue weighted by Gasteiger charge is 2.74. The maximum atomic E-state index is 15.0. The van der Waals surface area contributed by atoms with Gasteiger partial charge in [-0.3, -0.25) is 14.4 Å². The summed E-state index contributed by atoms with van der Waals surface area (Å²) in [4.78, 5) is 51.7. The number of likely N-dealkylation sites (tertiary alicyclic amines) is 1. The average Bonchev–Trinajstić information content (AvgIpc) is 3.32. The summed E-state index contributed by atoms with van der Waals surface area (Å²) in [6, 6.07) is 15.8. The normalized spacial score (nSPS) is 29.8. The zero-order chi connectivity index (χ0) is 31.9. The molecule has 238 valence electrons. The van der Waals surface area contributed by atoms with Gasteiger partial charge in [-0.05, 0) is 57.0 Å². The molecule has 45 heavy (non-hydrogen) atoms. The molecule has 4 aliphatic heterocycles. The number of thioether (sulfide) groups is 1. The van der Waals surface area contributed by atoms with Crippen LogP contribution >= 0.6 is 11.8 Å². The molecule has 0 aromatic heterocycles. The Morgan fingerprint density at radius 3 is 2.22 bits per heavy atom. The van der Waals surface area contributed by atoms with Gasteiger partial charge in [0.05, 0.1) is 29.2 Å². The number of rotatable bonds is 9. The second-order valence-corrected chi connectivity index (χ2v) is 14.4. The molecule has 2 aromatic rings. The van der Waals surface area contributed by atoms with E-state index in [4.69, 9.17) is 0 Å². The van der Waals surface area contributed by atoms with E-state index in [-0.39, 0.29) is 24.3 Å². The lowest BCUT2D eigenvalue weighted by atomic mass is 9.74. The van der Waals surface area contributed by atoms with Crippen LogP contribution in [-0.2, 0) is 14.4 Å². The minimum absolute atomic E-state index is 0.0399. The fraction of sp³-hybridized carbons (Fsp3) is 0.472. The van der Waals surface area contributed by atoms with E-state index in [1.165, 1.54) is 0 Å². The first-order chi connectivity index (χ1) is 21.7. The Morgan fingerprint density at radius 1 is 0.889 bits per heavy atom. The topological polar surface area (TPSA) is 84.4 Å². The SMILES string of the molecule is CCCN1CC=C[C@@]2(C)S[C@]34C=CCN(c5ccc(N(CC)CC)cc5)C(=O)C3N([C@H](CO)c3ccccc3)C(=O)[C@@H]4[C@H]2C1=O. The fourth-order valence-electron chi connectivity index (χ4n) is 8.01. The van der Waals surface area contributed by atoms with Crippen LogP contribution in [0.4, 0.5) is 11.4 Å². The van der Waals surface area contributed by atoms with E-state index in [0.29, 0.717) is 19.6 Å². The highest BCUT2D eigenvalue weighted by Crippen LogP contribution is 2.66. The van der Waals surface area contributed by atoms with Gasteiger partial charge < -0.3 is 24.7 Å². The van der Waals surface area contributed by atoms with E-state index in [9.17, 15) is 14.7 Å². The average molecular weight is 629 g/mol. The standard InChI is InChI=1S/C36H44N4O4S/c1-5-21-38-22-11-19-35(4)29(32(38)42)30-33(43)40(28(24-41)25-13-9-8-10-14-25)31-34(44)39(23-12-20-36(30,31)45-35)27-17-15-26(16-18-27)37(6-2)7-3/h8-20,28-31,41H,5-7,21-24H2,1-4H3/t28-,29+,30+,31?,35-,36+/m1/s1. The van der Waals surface area contributed by atoms with Crippen molar-refractivity contribution in [2.24, 2.45) is 11.8 Å². The molecule has 0 radical (unpaired) electrons. The molecule has 2 saturated heterocycles. The molecule has 2 fully saturated rings. The molecule has 8 nitrogen and oxygen atoms in total. The number of hydrogen-bond acceptors (Lipinski definition) is 6. The van der Waals surface area contributed by atoms with Gasteiger partial charge in [-0.25, -0.2) is 0 Å². The maximum absolute atomic E-state index is 15.0. The Labute approximate surface area is 270 Å². The van der Waals surface area contributed by atoms with Crippen molar-refractivity contribution in [1.29, 1.82) is 0 Å². The number of amides is 3. The summed E-state index contributed by atoms with van der Waals surface area (Å²) in [5.74, 6) is -1.88. The summed E-state index contributed by atoms with van der Waals surface area (Å²) in [5, 5.41) is 10.8. The summed E-state index contributed by atoms with van der Waals surface area (Å²) in [7, 11) is 0. The lowest BCUT2D eigenvalue weighted by Crippen LogP contribution is -2.54. The Hall–Kier alpha value is -3.56. The molecule has 0 aliphatic carbocycles. The number of anilines is 2. The smallest absolute Gasteiger partial charge is 0.251 e. The van der Waals surface area contributed by atoms with Gasteiger partial charge in [0.25, 0.3) is 5.91 Å². The van der Waals surface area contributed by atoms with Crippen LogP contribution in [0, 0.1) is 11.8 Å². The van der Waals surface area contributed by atoms with Crippen LogP contribution in [-0.4, -0.2) is 87.5 Å². The second-order valence-electron chi connectivity index (χ2n) is 12.6. The number of carbonyl (C=O) groups excluding carboxylic acids is 3. The minimum atomic E-state index is -0.985. The number of carbonyl (C=O) groups is 3. The van der Waals surface area contributed by atoms with E-state index >= 15 is 4.79 Å². The van der Waals surface area contributed by atoms with Crippen molar-refractivity contribution in [3.8, 4) is 0 Å². The van der Waals surface area contributed by atoms with Crippen LogP contribution in [0.25, 0.3) is 0 Å². The molecule has 1 N–H and O–H groups in total. The summed E-state index contributed by atoms with van der Waals surface area (Å²) < 4.78 is -1.65. The monoisotopic (exact) mass is 628 g/mol. The van der Waals surface area contributed by atoms with Crippen LogP contribution in [0.2, 0.25) is 0 Å². The lowest BCUT2D eigenvalue weighted by molar-refractivity contribution is -0.145. The molecule has 1 unspecified atom stereocenters. The van der Waals surface area contributed by atoms with Gasteiger partial charge in [0.15, 0.2) is 0 Å². The van der Waals surface area contributed by atoms with Crippen molar-refractivity contribution in [2.45, 2.75) is 55.7 Å². The first-order valence-corrected chi connectivity index (χ1v) is 17.0. The third-order valence-electron chi connectivity index (χ3n) is 10.1. The molecular formula is C36H44N4O4S. The van der Waals surface area contributed by atoms with Crippen molar-refractivity contribution >= 4 is 40.9 Å². The van der Waals surface area contributed by atoms with Gasteiger partial charge in [-0.1, -0.05) is 61.6 Å². The molecule has 0 saturated carbocycles. The molecular weight excluding hydrogens is 584 g/mol. The third kappa shape index (κ3) is 4.99.